The Morgan fingerprint density at radius 3 is 2.60 bits per heavy atom. The second-order valence-corrected chi connectivity index (χ2v) is 4.76. The number of benzene rings is 1. The molecule has 5 nitrogen and oxygen atoms in total. The molecule has 0 aliphatic rings. The van der Waals surface area contributed by atoms with E-state index in [1.807, 2.05) is 38.1 Å². The molecule has 110 valence electrons. The van der Waals surface area contributed by atoms with E-state index in [0.29, 0.717) is 19.4 Å². The molecule has 2 amide bonds. The van der Waals surface area contributed by atoms with Crippen LogP contribution in [0, 0.1) is 6.92 Å². The van der Waals surface area contributed by atoms with Crippen molar-refractivity contribution in [3.05, 3.63) is 35.4 Å². The number of aliphatic carboxylic acids is 1. The summed E-state index contributed by atoms with van der Waals surface area (Å²) < 4.78 is 0. The van der Waals surface area contributed by atoms with E-state index in [-0.39, 0.29) is 0 Å². The summed E-state index contributed by atoms with van der Waals surface area (Å²) in [7, 11) is 0. The van der Waals surface area contributed by atoms with Crippen molar-refractivity contribution in [1.82, 2.24) is 10.6 Å². The minimum Gasteiger partial charge on any atom is -0.480 e. The topological polar surface area (TPSA) is 78.4 Å². The van der Waals surface area contributed by atoms with Crippen LogP contribution in [0.1, 0.15) is 30.9 Å². The highest BCUT2D eigenvalue weighted by atomic mass is 16.4. The fourth-order valence-electron chi connectivity index (χ4n) is 1.96. The van der Waals surface area contributed by atoms with Gasteiger partial charge >= 0.3 is 12.0 Å². The average Bonchev–Trinajstić information content (AvgIpc) is 2.40. The molecule has 0 unspecified atom stereocenters. The lowest BCUT2D eigenvalue weighted by Gasteiger charge is -2.14. The highest BCUT2D eigenvalue weighted by Crippen LogP contribution is 2.06. The first-order valence-electron chi connectivity index (χ1n) is 6.86. The molecular formula is C15H22N2O3. The van der Waals surface area contributed by atoms with Crippen molar-refractivity contribution in [3.63, 3.8) is 0 Å². The monoisotopic (exact) mass is 278 g/mol. The third-order valence-electron chi connectivity index (χ3n) is 3.12. The van der Waals surface area contributed by atoms with E-state index in [0.717, 1.165) is 6.42 Å². The minimum absolute atomic E-state index is 0.431. The van der Waals surface area contributed by atoms with E-state index in [2.05, 4.69) is 10.6 Å². The maximum Gasteiger partial charge on any atom is 0.326 e. The number of hydrogen-bond acceptors (Lipinski definition) is 2. The van der Waals surface area contributed by atoms with Crippen molar-refractivity contribution in [1.29, 1.82) is 0 Å². The fourth-order valence-corrected chi connectivity index (χ4v) is 1.96. The lowest BCUT2D eigenvalue weighted by Crippen LogP contribution is -2.46. The van der Waals surface area contributed by atoms with Crippen LogP contribution in [0.2, 0.25) is 0 Å². The van der Waals surface area contributed by atoms with Crippen LogP contribution in [0.5, 0.6) is 0 Å². The van der Waals surface area contributed by atoms with Crippen LogP contribution in [0.3, 0.4) is 0 Å². The van der Waals surface area contributed by atoms with Crippen molar-refractivity contribution in [2.24, 2.45) is 0 Å². The maximum absolute atomic E-state index is 11.6. The average molecular weight is 278 g/mol. The predicted octanol–water partition coefficient (Wildman–Crippen LogP) is 2.09. The molecule has 0 saturated carbocycles. The van der Waals surface area contributed by atoms with Crippen LogP contribution < -0.4 is 10.6 Å². The smallest absolute Gasteiger partial charge is 0.326 e. The predicted molar refractivity (Wildman–Crippen MR) is 77.7 cm³/mol. The van der Waals surface area contributed by atoms with Gasteiger partial charge in [-0.15, -0.1) is 0 Å². The molecule has 1 aromatic rings. The molecule has 5 heteroatoms. The van der Waals surface area contributed by atoms with E-state index in [1.165, 1.54) is 11.1 Å². The standard InChI is InChI=1S/C15H22N2O3/c1-3-6-13(14(18)19)17-15(20)16-10-9-12-8-5-4-7-11(12)2/h4-5,7-8,13H,3,6,9-10H2,1-2H3,(H,18,19)(H2,16,17,20)/t13-/m1/s1. The summed E-state index contributed by atoms with van der Waals surface area (Å²) in [5, 5.41) is 14.1. The zero-order chi connectivity index (χ0) is 15.0. The lowest BCUT2D eigenvalue weighted by molar-refractivity contribution is -0.139. The first-order valence-corrected chi connectivity index (χ1v) is 6.86. The Morgan fingerprint density at radius 1 is 1.30 bits per heavy atom. The normalized spacial score (nSPS) is 11.7. The Balaban J connectivity index is 2.36. The van der Waals surface area contributed by atoms with Gasteiger partial charge in [-0.05, 0) is 30.9 Å². The van der Waals surface area contributed by atoms with Crippen LogP contribution in [0.25, 0.3) is 0 Å². The Kier molecular flexibility index (Phi) is 6.56. The van der Waals surface area contributed by atoms with Crippen LogP contribution >= 0.6 is 0 Å². The van der Waals surface area contributed by atoms with Crippen LogP contribution in [0.15, 0.2) is 24.3 Å². The van der Waals surface area contributed by atoms with Crippen molar-refractivity contribution >= 4 is 12.0 Å². The van der Waals surface area contributed by atoms with E-state index >= 15 is 0 Å². The van der Waals surface area contributed by atoms with E-state index < -0.39 is 18.0 Å². The SMILES string of the molecule is CCC[C@@H](NC(=O)NCCc1ccccc1C)C(=O)O. The largest absolute Gasteiger partial charge is 0.480 e. The number of hydrogen-bond donors (Lipinski definition) is 3. The molecule has 1 rings (SSSR count). The number of aryl methyl sites for hydroxylation is 1. The van der Waals surface area contributed by atoms with Gasteiger partial charge < -0.3 is 15.7 Å². The lowest BCUT2D eigenvalue weighted by atomic mass is 10.1. The first-order chi connectivity index (χ1) is 9.54. The third-order valence-corrected chi connectivity index (χ3v) is 3.12. The van der Waals surface area contributed by atoms with Crippen LogP contribution in [-0.4, -0.2) is 29.7 Å². The molecule has 3 N–H and O–H groups in total. The molecule has 0 radical (unpaired) electrons. The molecule has 1 atom stereocenters. The second-order valence-electron chi connectivity index (χ2n) is 4.76. The van der Waals surface area contributed by atoms with Crippen LogP contribution in [-0.2, 0) is 11.2 Å². The second kappa shape index (κ2) is 8.19. The zero-order valence-corrected chi connectivity index (χ0v) is 12.0. The van der Waals surface area contributed by atoms with Crippen LogP contribution in [0.4, 0.5) is 4.79 Å². The molecule has 0 bridgehead atoms. The number of carbonyl (C=O) groups is 2. The molecule has 0 saturated heterocycles. The fraction of sp³-hybridized carbons (Fsp3) is 0.467. The first kappa shape index (κ1) is 16.0. The molecule has 0 aliphatic carbocycles. The van der Waals surface area contributed by atoms with Gasteiger partial charge in [-0.25, -0.2) is 9.59 Å². The Hall–Kier alpha value is -2.04. The summed E-state index contributed by atoms with van der Waals surface area (Å²) >= 11 is 0. The third kappa shape index (κ3) is 5.30. The quantitative estimate of drug-likeness (QED) is 0.714. The number of carboxylic acid groups (broad SMARTS) is 1. The summed E-state index contributed by atoms with van der Waals surface area (Å²) in [5.41, 5.74) is 2.36. The summed E-state index contributed by atoms with van der Waals surface area (Å²) in [6.45, 7) is 4.39. The zero-order valence-electron chi connectivity index (χ0n) is 12.0. The van der Waals surface area contributed by atoms with Gasteiger partial charge in [0.25, 0.3) is 0 Å². The molecule has 0 spiro atoms. The number of nitrogens with one attached hydrogen (secondary N) is 2. The summed E-state index contributed by atoms with van der Waals surface area (Å²) in [5.74, 6) is -0.999. The van der Waals surface area contributed by atoms with Gasteiger partial charge in [0, 0.05) is 6.54 Å². The van der Waals surface area contributed by atoms with E-state index in [9.17, 15) is 9.59 Å². The Morgan fingerprint density at radius 2 is 2.00 bits per heavy atom. The molecule has 0 fully saturated rings. The highest BCUT2D eigenvalue weighted by molar-refractivity contribution is 5.82. The number of carboxylic acids is 1. The molecular weight excluding hydrogens is 256 g/mol. The molecule has 0 aliphatic heterocycles. The summed E-state index contributed by atoms with van der Waals surface area (Å²) in [4.78, 5) is 22.5. The van der Waals surface area contributed by atoms with Crippen molar-refractivity contribution in [3.8, 4) is 0 Å². The Bertz CT molecular complexity index is 460. The Labute approximate surface area is 119 Å². The summed E-state index contributed by atoms with van der Waals surface area (Å²) in [6.07, 6.45) is 1.87. The number of urea groups is 1. The van der Waals surface area contributed by atoms with Gasteiger partial charge in [0.05, 0.1) is 0 Å². The van der Waals surface area contributed by atoms with Gasteiger partial charge in [-0.1, -0.05) is 37.6 Å². The van der Waals surface area contributed by atoms with E-state index in [1.54, 1.807) is 0 Å². The molecule has 1 aromatic carbocycles. The number of amides is 2. The summed E-state index contributed by atoms with van der Waals surface area (Å²) in [6, 6.07) is 6.73. The maximum atomic E-state index is 11.6. The van der Waals surface area contributed by atoms with Crippen molar-refractivity contribution in [2.45, 2.75) is 39.2 Å². The molecule has 0 aromatic heterocycles. The van der Waals surface area contributed by atoms with Gasteiger partial charge in [0.1, 0.15) is 6.04 Å². The van der Waals surface area contributed by atoms with E-state index in [4.69, 9.17) is 5.11 Å². The van der Waals surface area contributed by atoms with Gasteiger partial charge in [-0.3, -0.25) is 0 Å². The molecule has 20 heavy (non-hydrogen) atoms. The minimum atomic E-state index is -0.999. The van der Waals surface area contributed by atoms with Gasteiger partial charge in [-0.2, -0.15) is 0 Å². The van der Waals surface area contributed by atoms with Gasteiger partial charge in [0.15, 0.2) is 0 Å². The van der Waals surface area contributed by atoms with Gasteiger partial charge in [0.2, 0.25) is 0 Å². The number of carbonyl (C=O) groups excluding carboxylic acids is 1. The van der Waals surface area contributed by atoms with Crippen molar-refractivity contribution < 1.29 is 14.7 Å². The van der Waals surface area contributed by atoms with Crippen molar-refractivity contribution in [2.75, 3.05) is 6.54 Å². The molecule has 0 heterocycles. The highest BCUT2D eigenvalue weighted by Gasteiger charge is 2.18. The number of rotatable bonds is 7.